The molecule has 0 N–H and O–H groups in total. The maximum absolute atomic E-state index is 11.8. The van der Waals surface area contributed by atoms with E-state index in [-0.39, 0.29) is 12.2 Å². The average Bonchev–Trinajstić information content (AvgIpc) is 3.21. The van der Waals surface area contributed by atoms with Gasteiger partial charge < -0.3 is 18.9 Å². The lowest BCUT2D eigenvalue weighted by Gasteiger charge is -2.31. The second kappa shape index (κ2) is 9.53. The number of ether oxygens (including phenoxy) is 2. The van der Waals surface area contributed by atoms with Crippen LogP contribution < -0.4 is 0 Å². The summed E-state index contributed by atoms with van der Waals surface area (Å²) in [7, 11) is 0. The standard InChI is InChI=1S/C23H27N3O3S/c1-3-28-23(27)25-11-9-19(10-12-25)29-16-17-4-7-22(24-15-17)26-13-8-18-14-20(30-2)5-6-21(18)26/h4-8,13-15,19H,3,9-12,16H2,1-2H3. The number of hydrogen-bond donors (Lipinski definition) is 0. The lowest BCUT2D eigenvalue weighted by atomic mass is 10.1. The zero-order valence-electron chi connectivity index (χ0n) is 17.4. The molecule has 0 bridgehead atoms. The van der Waals surface area contributed by atoms with Crippen LogP contribution in [0.25, 0.3) is 16.7 Å². The van der Waals surface area contributed by atoms with Gasteiger partial charge in [-0.2, -0.15) is 0 Å². The molecule has 0 radical (unpaired) electrons. The van der Waals surface area contributed by atoms with Crippen molar-refractivity contribution in [2.75, 3.05) is 26.0 Å². The van der Waals surface area contributed by atoms with E-state index in [0.717, 1.165) is 29.7 Å². The molecule has 4 rings (SSSR count). The van der Waals surface area contributed by atoms with Gasteiger partial charge in [-0.3, -0.25) is 0 Å². The molecule has 0 atom stereocenters. The molecule has 1 saturated heterocycles. The zero-order chi connectivity index (χ0) is 20.9. The highest BCUT2D eigenvalue weighted by Gasteiger charge is 2.23. The van der Waals surface area contributed by atoms with Crippen molar-refractivity contribution in [2.24, 2.45) is 0 Å². The Balaban J connectivity index is 1.33. The van der Waals surface area contributed by atoms with Crippen LogP contribution in [0.4, 0.5) is 4.79 Å². The van der Waals surface area contributed by atoms with Crippen LogP contribution in [0, 0.1) is 0 Å². The third-order valence-corrected chi connectivity index (χ3v) is 6.13. The summed E-state index contributed by atoms with van der Waals surface area (Å²) in [5.41, 5.74) is 2.20. The van der Waals surface area contributed by atoms with E-state index in [1.54, 1.807) is 16.7 Å². The molecular weight excluding hydrogens is 398 g/mol. The summed E-state index contributed by atoms with van der Waals surface area (Å²) in [5, 5.41) is 1.21. The Hall–Kier alpha value is -2.51. The first kappa shape index (κ1) is 20.8. The van der Waals surface area contributed by atoms with Gasteiger partial charge in [0.15, 0.2) is 0 Å². The number of thioether (sulfide) groups is 1. The SMILES string of the molecule is CCOC(=O)N1CCC(OCc2ccc(-n3ccc4cc(SC)ccc43)nc2)CC1. The van der Waals surface area contributed by atoms with Gasteiger partial charge in [0.05, 0.1) is 24.8 Å². The van der Waals surface area contributed by atoms with Crippen molar-refractivity contribution in [1.82, 2.24) is 14.5 Å². The van der Waals surface area contributed by atoms with Crippen LogP contribution in [0.15, 0.2) is 53.7 Å². The summed E-state index contributed by atoms with van der Waals surface area (Å²) in [6, 6.07) is 12.7. The van der Waals surface area contributed by atoms with Crippen molar-refractivity contribution < 1.29 is 14.3 Å². The van der Waals surface area contributed by atoms with Gasteiger partial charge in [0.25, 0.3) is 0 Å². The smallest absolute Gasteiger partial charge is 0.409 e. The van der Waals surface area contributed by atoms with Crippen LogP contribution in [-0.4, -0.2) is 52.6 Å². The van der Waals surface area contributed by atoms with Crippen molar-refractivity contribution >= 4 is 28.8 Å². The quantitative estimate of drug-likeness (QED) is 0.527. The van der Waals surface area contributed by atoms with Gasteiger partial charge in [0.2, 0.25) is 0 Å². The molecule has 1 aromatic carbocycles. The molecule has 1 aliphatic heterocycles. The lowest BCUT2D eigenvalue weighted by Crippen LogP contribution is -2.41. The molecule has 0 saturated carbocycles. The lowest BCUT2D eigenvalue weighted by molar-refractivity contribution is -0.00286. The summed E-state index contributed by atoms with van der Waals surface area (Å²) >= 11 is 1.75. The highest BCUT2D eigenvalue weighted by molar-refractivity contribution is 7.98. The van der Waals surface area contributed by atoms with E-state index >= 15 is 0 Å². The van der Waals surface area contributed by atoms with Crippen molar-refractivity contribution in [3.8, 4) is 5.82 Å². The predicted octanol–water partition coefficient (Wildman–Crippen LogP) is 4.88. The zero-order valence-corrected chi connectivity index (χ0v) is 18.2. The van der Waals surface area contributed by atoms with Crippen LogP contribution in [0.1, 0.15) is 25.3 Å². The van der Waals surface area contributed by atoms with Crippen molar-refractivity contribution in [3.63, 3.8) is 0 Å². The first-order valence-corrected chi connectivity index (χ1v) is 11.5. The molecule has 1 fully saturated rings. The molecule has 3 heterocycles. The van der Waals surface area contributed by atoms with E-state index in [2.05, 4.69) is 52.3 Å². The molecule has 0 aliphatic carbocycles. The number of nitrogens with zero attached hydrogens (tertiary/aromatic N) is 3. The molecule has 0 unspecified atom stereocenters. The van der Waals surface area contributed by atoms with Crippen LogP contribution in [0.2, 0.25) is 0 Å². The second-order valence-corrected chi connectivity index (χ2v) is 8.21. The summed E-state index contributed by atoms with van der Waals surface area (Å²) in [5.74, 6) is 0.897. The maximum Gasteiger partial charge on any atom is 0.409 e. The molecule has 30 heavy (non-hydrogen) atoms. The number of fused-ring (bicyclic) bond motifs is 1. The first-order chi connectivity index (χ1) is 14.7. The fraction of sp³-hybridized carbons (Fsp3) is 0.391. The molecule has 1 amide bonds. The van der Waals surface area contributed by atoms with Crippen LogP contribution in [0.3, 0.4) is 0 Å². The molecule has 2 aromatic heterocycles. The van der Waals surface area contributed by atoms with Crippen LogP contribution in [-0.2, 0) is 16.1 Å². The fourth-order valence-electron chi connectivity index (χ4n) is 3.73. The minimum Gasteiger partial charge on any atom is -0.450 e. The number of hydrogen-bond acceptors (Lipinski definition) is 5. The summed E-state index contributed by atoms with van der Waals surface area (Å²) in [6.45, 7) is 4.13. The third-order valence-electron chi connectivity index (χ3n) is 5.41. The Morgan fingerprint density at radius 3 is 2.73 bits per heavy atom. The first-order valence-electron chi connectivity index (χ1n) is 10.3. The molecule has 158 valence electrons. The Labute approximate surface area is 181 Å². The average molecular weight is 426 g/mol. The molecule has 7 heteroatoms. The highest BCUT2D eigenvalue weighted by atomic mass is 32.2. The van der Waals surface area contributed by atoms with Gasteiger partial charge in [-0.25, -0.2) is 9.78 Å². The Bertz CT molecular complexity index is 995. The number of benzene rings is 1. The number of amides is 1. The number of aromatic nitrogens is 2. The number of pyridine rings is 1. The third kappa shape index (κ3) is 4.63. The topological polar surface area (TPSA) is 56.6 Å². The van der Waals surface area contributed by atoms with E-state index in [9.17, 15) is 4.79 Å². The largest absolute Gasteiger partial charge is 0.450 e. The summed E-state index contributed by atoms with van der Waals surface area (Å²) < 4.78 is 13.2. The van der Waals surface area contributed by atoms with Gasteiger partial charge >= 0.3 is 6.09 Å². The number of carbonyl (C=O) groups excluding carboxylic acids is 1. The maximum atomic E-state index is 11.8. The van der Waals surface area contributed by atoms with Crippen molar-refractivity contribution in [1.29, 1.82) is 0 Å². The number of piperidine rings is 1. The Morgan fingerprint density at radius 1 is 1.20 bits per heavy atom. The van der Waals surface area contributed by atoms with E-state index in [0.29, 0.717) is 26.3 Å². The molecule has 1 aliphatic rings. The van der Waals surface area contributed by atoms with Crippen molar-refractivity contribution in [2.45, 2.75) is 37.4 Å². The Kier molecular flexibility index (Phi) is 6.59. The van der Waals surface area contributed by atoms with Crippen LogP contribution in [0.5, 0.6) is 0 Å². The molecule has 6 nitrogen and oxygen atoms in total. The van der Waals surface area contributed by atoms with E-state index in [4.69, 9.17) is 9.47 Å². The predicted molar refractivity (Wildman–Crippen MR) is 119 cm³/mol. The van der Waals surface area contributed by atoms with Gasteiger partial charge in [-0.1, -0.05) is 6.07 Å². The summed E-state index contributed by atoms with van der Waals surface area (Å²) in [6.07, 6.45) is 7.63. The fourth-order valence-corrected chi connectivity index (χ4v) is 4.17. The molecular formula is C23H27N3O3S. The van der Waals surface area contributed by atoms with Crippen LogP contribution >= 0.6 is 11.8 Å². The Morgan fingerprint density at radius 2 is 2.03 bits per heavy atom. The minimum atomic E-state index is -0.224. The molecule has 3 aromatic rings. The van der Waals surface area contributed by atoms with Gasteiger partial charge in [0.1, 0.15) is 5.82 Å². The monoisotopic (exact) mass is 425 g/mol. The van der Waals surface area contributed by atoms with E-state index in [1.165, 1.54) is 10.3 Å². The van der Waals surface area contributed by atoms with Crippen molar-refractivity contribution in [3.05, 3.63) is 54.4 Å². The number of carbonyl (C=O) groups is 1. The van der Waals surface area contributed by atoms with E-state index < -0.39 is 0 Å². The number of likely N-dealkylation sites (tertiary alicyclic amines) is 1. The normalized spacial score (nSPS) is 14.9. The van der Waals surface area contributed by atoms with E-state index in [1.807, 2.05) is 19.2 Å². The molecule has 0 spiro atoms. The highest BCUT2D eigenvalue weighted by Crippen LogP contribution is 2.25. The van der Waals surface area contributed by atoms with Gasteiger partial charge in [0, 0.05) is 35.8 Å². The van der Waals surface area contributed by atoms with Gasteiger partial charge in [-0.15, -0.1) is 11.8 Å². The number of rotatable bonds is 6. The minimum absolute atomic E-state index is 0.161. The summed E-state index contributed by atoms with van der Waals surface area (Å²) in [4.78, 5) is 19.4. The second-order valence-electron chi connectivity index (χ2n) is 7.33. The van der Waals surface area contributed by atoms with Gasteiger partial charge in [-0.05, 0) is 61.9 Å².